The van der Waals surface area contributed by atoms with E-state index in [1.54, 1.807) is 30.3 Å². The van der Waals surface area contributed by atoms with E-state index in [0.717, 1.165) is 11.8 Å². The van der Waals surface area contributed by atoms with Gasteiger partial charge in [0, 0.05) is 48.2 Å². The van der Waals surface area contributed by atoms with Gasteiger partial charge in [-0.15, -0.1) is 0 Å². The van der Waals surface area contributed by atoms with Gasteiger partial charge in [-0.2, -0.15) is 0 Å². The number of hydrogen-bond donors (Lipinski definition) is 1. The second kappa shape index (κ2) is 10.7. The molecule has 1 fully saturated rings. The van der Waals surface area contributed by atoms with Gasteiger partial charge in [0.2, 0.25) is 5.91 Å². The summed E-state index contributed by atoms with van der Waals surface area (Å²) in [6.07, 6.45) is 2.75. The zero-order valence-electron chi connectivity index (χ0n) is 16.9. The zero-order valence-corrected chi connectivity index (χ0v) is 19.3. The molecule has 172 valence electrons. The van der Waals surface area contributed by atoms with Gasteiger partial charge in [0.15, 0.2) is 0 Å². The Morgan fingerprint density at radius 3 is 2.24 bits per heavy atom. The average molecular weight is 510 g/mol. The summed E-state index contributed by atoms with van der Waals surface area (Å²) in [5.41, 5.74) is 0.322. The highest BCUT2D eigenvalue weighted by Crippen LogP contribution is 2.39. The maximum absolute atomic E-state index is 12.4. The quantitative estimate of drug-likeness (QED) is 0.281. The van der Waals surface area contributed by atoms with Gasteiger partial charge in [-0.25, -0.2) is 4.79 Å². The lowest BCUT2D eigenvalue weighted by Crippen LogP contribution is -2.51. The van der Waals surface area contributed by atoms with Crippen molar-refractivity contribution < 1.29 is 24.4 Å². The summed E-state index contributed by atoms with van der Waals surface area (Å²) in [6.45, 7) is 0.629. The monoisotopic (exact) mass is 509 g/mol. The molecule has 12 heteroatoms. The molecule has 0 bridgehead atoms. The van der Waals surface area contributed by atoms with Gasteiger partial charge >= 0.3 is 11.9 Å². The first kappa shape index (κ1) is 24.6. The number of carboxylic acids is 1. The van der Waals surface area contributed by atoms with Crippen LogP contribution in [0.3, 0.4) is 0 Å². The van der Waals surface area contributed by atoms with Crippen molar-refractivity contribution in [1.29, 1.82) is 0 Å². The topological polar surface area (TPSA) is 121 Å². The summed E-state index contributed by atoms with van der Waals surface area (Å²) < 4.78 is 0. The van der Waals surface area contributed by atoms with Gasteiger partial charge in [-0.3, -0.25) is 19.7 Å². The predicted molar refractivity (Wildman–Crippen MR) is 124 cm³/mol. The van der Waals surface area contributed by atoms with E-state index >= 15 is 0 Å². The highest BCUT2D eigenvalue weighted by atomic mass is 35.5. The summed E-state index contributed by atoms with van der Waals surface area (Å²) in [5, 5.41) is 21.2. The van der Waals surface area contributed by atoms with E-state index in [0.29, 0.717) is 25.4 Å². The number of nitro groups is 1. The summed E-state index contributed by atoms with van der Waals surface area (Å²) in [4.78, 5) is 49.4. The van der Waals surface area contributed by atoms with Crippen LogP contribution in [0.4, 0.5) is 5.69 Å². The van der Waals surface area contributed by atoms with Crippen molar-refractivity contribution in [2.24, 2.45) is 0 Å². The molecule has 0 spiro atoms. The minimum atomic E-state index is -1.53. The van der Waals surface area contributed by atoms with Crippen LogP contribution in [0.15, 0.2) is 52.3 Å². The van der Waals surface area contributed by atoms with E-state index in [4.69, 9.17) is 28.3 Å². The molecule has 0 aromatic heterocycles. The molecule has 1 aliphatic rings. The predicted octanol–water partition coefficient (Wildman–Crippen LogP) is 3.82. The SMILES string of the molecule is O=C(O)C(=O)N1CCN(C(=O)C=Cc2ccc(Sc3ccc(Cl)cc3Cl)c([N+](=O)[O-])c2)CC1. The molecule has 2 aromatic rings. The van der Waals surface area contributed by atoms with Crippen molar-refractivity contribution in [2.75, 3.05) is 26.2 Å². The van der Waals surface area contributed by atoms with E-state index in [9.17, 15) is 24.5 Å². The maximum atomic E-state index is 12.4. The zero-order chi connectivity index (χ0) is 24.1. The van der Waals surface area contributed by atoms with Crippen molar-refractivity contribution in [1.82, 2.24) is 9.80 Å². The molecule has 0 saturated carbocycles. The Hall–Kier alpha value is -3.08. The average Bonchev–Trinajstić information content (AvgIpc) is 2.79. The van der Waals surface area contributed by atoms with Crippen molar-refractivity contribution in [3.05, 3.63) is 68.2 Å². The van der Waals surface area contributed by atoms with Gasteiger partial charge in [0.05, 0.1) is 14.8 Å². The fourth-order valence-corrected chi connectivity index (χ4v) is 4.51. The van der Waals surface area contributed by atoms with E-state index in [1.165, 1.54) is 28.0 Å². The van der Waals surface area contributed by atoms with E-state index < -0.39 is 16.8 Å². The number of carbonyl (C=O) groups excluding carboxylic acids is 2. The normalized spacial score (nSPS) is 13.9. The van der Waals surface area contributed by atoms with Crippen molar-refractivity contribution >= 4 is 64.5 Å². The number of nitrogens with zero attached hydrogens (tertiary/aromatic N) is 3. The van der Waals surface area contributed by atoms with Gasteiger partial charge in [0.25, 0.3) is 5.69 Å². The number of aliphatic carboxylic acids is 1. The third-order valence-electron chi connectivity index (χ3n) is 4.77. The number of halogens is 2. The van der Waals surface area contributed by atoms with Crippen molar-refractivity contribution in [2.45, 2.75) is 9.79 Å². The summed E-state index contributed by atoms with van der Waals surface area (Å²) >= 11 is 13.2. The minimum absolute atomic E-state index is 0.120. The van der Waals surface area contributed by atoms with E-state index in [2.05, 4.69) is 0 Å². The molecule has 1 saturated heterocycles. The molecule has 33 heavy (non-hydrogen) atoms. The summed E-state index contributed by atoms with van der Waals surface area (Å²) in [5.74, 6) is -2.87. The molecule has 3 rings (SSSR count). The number of carbonyl (C=O) groups is 3. The number of piperazine rings is 1. The maximum Gasteiger partial charge on any atom is 0.394 e. The van der Waals surface area contributed by atoms with Crippen LogP contribution in [0.1, 0.15) is 5.56 Å². The van der Waals surface area contributed by atoms with Crippen LogP contribution in [-0.2, 0) is 14.4 Å². The molecule has 9 nitrogen and oxygen atoms in total. The molecule has 1 heterocycles. The fraction of sp³-hybridized carbons (Fsp3) is 0.190. The Labute approximate surface area is 202 Å². The number of nitro benzene ring substituents is 1. The van der Waals surface area contributed by atoms with Crippen molar-refractivity contribution in [3.63, 3.8) is 0 Å². The van der Waals surface area contributed by atoms with Crippen molar-refractivity contribution in [3.8, 4) is 0 Å². The summed E-state index contributed by atoms with van der Waals surface area (Å²) in [6, 6.07) is 9.45. The highest BCUT2D eigenvalue weighted by molar-refractivity contribution is 7.99. The standard InChI is InChI=1S/C21H17Cl2N3O6S/c22-14-3-5-17(15(23)12-14)33-18-4-1-13(11-16(18)26(31)32)2-6-19(27)24-7-9-25(10-8-24)20(28)21(29)30/h1-6,11-12H,7-10H2,(H,29,30). The van der Waals surface area contributed by atoms with E-state index in [1.807, 2.05) is 0 Å². The van der Waals surface area contributed by atoms with Gasteiger partial charge in [-0.1, -0.05) is 41.0 Å². The number of carboxylic acid groups (broad SMARTS) is 1. The molecular formula is C21H17Cl2N3O6S. The van der Waals surface area contributed by atoms with E-state index in [-0.39, 0.29) is 37.8 Å². The first-order valence-electron chi connectivity index (χ1n) is 9.56. The first-order chi connectivity index (χ1) is 15.7. The van der Waals surface area contributed by atoms with Gasteiger partial charge in [-0.05, 0) is 35.9 Å². The number of benzene rings is 2. The Balaban J connectivity index is 1.69. The Bertz CT molecular complexity index is 1150. The lowest BCUT2D eigenvalue weighted by Gasteiger charge is -2.33. The molecule has 0 atom stereocenters. The number of hydrogen-bond acceptors (Lipinski definition) is 6. The molecule has 0 unspecified atom stereocenters. The minimum Gasteiger partial charge on any atom is -0.474 e. The molecule has 1 N–H and O–H groups in total. The van der Waals surface area contributed by atoms with Crippen LogP contribution in [-0.4, -0.2) is 63.8 Å². The van der Waals surface area contributed by atoms with Crippen LogP contribution in [0, 0.1) is 10.1 Å². The molecule has 2 amide bonds. The smallest absolute Gasteiger partial charge is 0.394 e. The molecule has 0 aliphatic carbocycles. The van der Waals surface area contributed by atoms with Gasteiger partial charge in [0.1, 0.15) is 0 Å². The lowest BCUT2D eigenvalue weighted by molar-refractivity contribution is -0.387. The molecular weight excluding hydrogens is 493 g/mol. The Morgan fingerprint density at radius 1 is 1.00 bits per heavy atom. The third-order valence-corrected chi connectivity index (χ3v) is 6.57. The highest BCUT2D eigenvalue weighted by Gasteiger charge is 2.26. The molecule has 2 aromatic carbocycles. The second-order valence-corrected chi connectivity index (χ2v) is 8.84. The van der Waals surface area contributed by atoms with Crippen LogP contribution in [0.5, 0.6) is 0 Å². The Morgan fingerprint density at radius 2 is 1.64 bits per heavy atom. The lowest BCUT2D eigenvalue weighted by atomic mass is 10.2. The van der Waals surface area contributed by atoms with Crippen LogP contribution in [0.25, 0.3) is 6.08 Å². The first-order valence-corrected chi connectivity index (χ1v) is 11.1. The Kier molecular flexibility index (Phi) is 7.96. The summed E-state index contributed by atoms with van der Waals surface area (Å²) in [7, 11) is 0. The van der Waals surface area contributed by atoms with Gasteiger partial charge < -0.3 is 14.9 Å². The fourth-order valence-electron chi connectivity index (χ4n) is 3.08. The van der Waals surface area contributed by atoms with Crippen LogP contribution < -0.4 is 0 Å². The molecule has 0 radical (unpaired) electrons. The second-order valence-electron chi connectivity index (χ2n) is 6.92. The number of amides is 2. The molecule has 1 aliphatic heterocycles. The third kappa shape index (κ3) is 6.25. The largest absolute Gasteiger partial charge is 0.474 e. The van der Waals surface area contributed by atoms with Crippen LogP contribution in [0.2, 0.25) is 10.0 Å². The number of rotatable bonds is 5. The van der Waals surface area contributed by atoms with Crippen LogP contribution >= 0.6 is 35.0 Å².